The maximum absolute atomic E-state index is 5.83. The molecule has 0 rings (SSSR count). The summed E-state index contributed by atoms with van der Waals surface area (Å²) >= 11 is 8.65. The molecule has 98 valence electrons. The molecule has 6 heteroatoms. The third-order valence-corrected chi connectivity index (χ3v) is 6.84. The van der Waals surface area contributed by atoms with Crippen LogP contribution < -0.4 is 0 Å². The summed E-state index contributed by atoms with van der Waals surface area (Å²) in [5, 5.41) is 0. The van der Waals surface area contributed by atoms with E-state index in [1.165, 1.54) is 0 Å². The number of thiol groups is 2. The maximum atomic E-state index is 5.83. The molecule has 0 aromatic rings. The van der Waals surface area contributed by atoms with Gasteiger partial charge in [-0.3, -0.25) is 0 Å². The Morgan fingerprint density at radius 3 is 1.62 bits per heavy atom. The highest BCUT2D eigenvalue weighted by atomic mass is 32.1. The van der Waals surface area contributed by atoms with Crippen LogP contribution in [0.25, 0.3) is 0 Å². The molecule has 3 nitrogen and oxygen atoms in total. The Morgan fingerprint density at radius 2 is 1.38 bits per heavy atom. The zero-order valence-corrected chi connectivity index (χ0v) is 13.2. The van der Waals surface area contributed by atoms with Gasteiger partial charge in [-0.25, -0.2) is 0 Å². The summed E-state index contributed by atoms with van der Waals surface area (Å²) in [4.78, 5) is 0. The minimum Gasteiger partial charge on any atom is -0.374 e. The summed E-state index contributed by atoms with van der Waals surface area (Å²) in [6.07, 6.45) is 0.916. The van der Waals surface area contributed by atoms with Crippen molar-refractivity contribution < 1.29 is 13.3 Å². The first-order valence-electron chi connectivity index (χ1n) is 5.84. The van der Waals surface area contributed by atoms with Crippen LogP contribution in [0.2, 0.25) is 5.54 Å². The molecular formula is C10H24O3S2Si. The molecule has 0 aliphatic heterocycles. The second-order valence-electron chi connectivity index (χ2n) is 3.29. The Balaban J connectivity index is 4.78. The van der Waals surface area contributed by atoms with Crippen molar-refractivity contribution in [3.05, 3.63) is 0 Å². The van der Waals surface area contributed by atoms with Crippen molar-refractivity contribution in [2.45, 2.75) is 32.7 Å². The topological polar surface area (TPSA) is 27.7 Å². The van der Waals surface area contributed by atoms with E-state index in [4.69, 9.17) is 13.3 Å². The van der Waals surface area contributed by atoms with Gasteiger partial charge in [-0.15, -0.1) is 0 Å². The van der Waals surface area contributed by atoms with Crippen LogP contribution >= 0.6 is 25.3 Å². The number of hydrogen-bond acceptors (Lipinski definition) is 5. The molecule has 0 amide bonds. The van der Waals surface area contributed by atoms with E-state index in [1.807, 2.05) is 20.8 Å². The van der Waals surface area contributed by atoms with Crippen LogP contribution in [0.15, 0.2) is 0 Å². The molecule has 1 unspecified atom stereocenters. The molecule has 16 heavy (non-hydrogen) atoms. The van der Waals surface area contributed by atoms with Crippen LogP contribution in [-0.4, -0.2) is 40.1 Å². The molecule has 0 aliphatic rings. The van der Waals surface area contributed by atoms with Crippen LogP contribution in [0.4, 0.5) is 0 Å². The van der Waals surface area contributed by atoms with Crippen molar-refractivity contribution in [3.63, 3.8) is 0 Å². The normalized spacial score (nSPS) is 14.1. The van der Waals surface area contributed by atoms with Crippen molar-refractivity contribution in [1.82, 2.24) is 0 Å². The molecule has 1 atom stereocenters. The molecule has 0 aliphatic carbocycles. The minimum atomic E-state index is -2.57. The standard InChI is InChI=1S/C10H24O3S2Si/c1-4-11-16(12-5-2,13-6-3)10(9-15)7-8-14/h10,14-15H,4-9H2,1-3H3. The first-order chi connectivity index (χ1) is 7.70. The zero-order chi connectivity index (χ0) is 12.4. The lowest BCUT2D eigenvalue weighted by Crippen LogP contribution is -2.51. The fourth-order valence-electron chi connectivity index (χ4n) is 1.62. The predicted molar refractivity (Wildman–Crippen MR) is 76.7 cm³/mol. The Kier molecular flexibility index (Phi) is 10.3. The van der Waals surface area contributed by atoms with Gasteiger partial charge in [0.15, 0.2) is 0 Å². The Morgan fingerprint density at radius 1 is 0.938 bits per heavy atom. The van der Waals surface area contributed by atoms with Gasteiger partial charge >= 0.3 is 8.80 Å². The van der Waals surface area contributed by atoms with E-state index in [0.29, 0.717) is 25.6 Å². The van der Waals surface area contributed by atoms with E-state index in [9.17, 15) is 0 Å². The van der Waals surface area contributed by atoms with Crippen molar-refractivity contribution in [2.75, 3.05) is 31.3 Å². The molecule has 0 aromatic heterocycles. The fraction of sp³-hybridized carbons (Fsp3) is 1.00. The molecule has 0 bridgehead atoms. The van der Waals surface area contributed by atoms with Crippen molar-refractivity contribution in [3.8, 4) is 0 Å². The van der Waals surface area contributed by atoms with Gasteiger partial charge in [0.2, 0.25) is 0 Å². The zero-order valence-electron chi connectivity index (χ0n) is 10.4. The number of rotatable bonds is 10. The fourth-order valence-corrected chi connectivity index (χ4v) is 5.91. The van der Waals surface area contributed by atoms with Gasteiger partial charge < -0.3 is 13.3 Å². The summed E-state index contributed by atoms with van der Waals surface area (Å²) in [6, 6.07) is 0. The van der Waals surface area contributed by atoms with Gasteiger partial charge in [-0.05, 0) is 38.7 Å². The highest BCUT2D eigenvalue weighted by Crippen LogP contribution is 2.30. The van der Waals surface area contributed by atoms with Gasteiger partial charge in [-0.1, -0.05) is 0 Å². The Labute approximate surface area is 111 Å². The third-order valence-electron chi connectivity index (χ3n) is 2.23. The number of hydrogen-bond donors (Lipinski definition) is 2. The van der Waals surface area contributed by atoms with E-state index in [-0.39, 0.29) is 5.54 Å². The average Bonchev–Trinajstić information content (AvgIpc) is 2.26. The van der Waals surface area contributed by atoms with Gasteiger partial charge in [0, 0.05) is 25.4 Å². The predicted octanol–water partition coefficient (Wildman–Crippen LogP) is 2.65. The van der Waals surface area contributed by atoms with Crippen molar-refractivity contribution >= 4 is 34.1 Å². The summed E-state index contributed by atoms with van der Waals surface area (Å²) < 4.78 is 17.5. The largest absolute Gasteiger partial charge is 0.505 e. The lowest BCUT2D eigenvalue weighted by Gasteiger charge is -2.34. The van der Waals surface area contributed by atoms with Crippen molar-refractivity contribution in [1.29, 1.82) is 0 Å². The van der Waals surface area contributed by atoms with Crippen LogP contribution in [0.1, 0.15) is 27.2 Å². The monoisotopic (exact) mass is 284 g/mol. The molecule has 0 saturated heterocycles. The smallest absolute Gasteiger partial charge is 0.374 e. The van der Waals surface area contributed by atoms with Gasteiger partial charge in [-0.2, -0.15) is 25.3 Å². The Bertz CT molecular complexity index is 155. The summed E-state index contributed by atoms with van der Waals surface area (Å²) in [5.41, 5.74) is 0.230. The first kappa shape index (κ1) is 16.8. The third kappa shape index (κ3) is 4.97. The Hall–Kier alpha value is 0.797. The van der Waals surface area contributed by atoms with Gasteiger partial charge in [0.1, 0.15) is 0 Å². The molecular weight excluding hydrogens is 260 g/mol. The lowest BCUT2D eigenvalue weighted by molar-refractivity contribution is 0.0627. The minimum absolute atomic E-state index is 0.230. The summed E-state index contributed by atoms with van der Waals surface area (Å²) in [6.45, 7) is 7.75. The molecule has 0 N–H and O–H groups in total. The van der Waals surface area contributed by atoms with E-state index < -0.39 is 8.80 Å². The van der Waals surface area contributed by atoms with E-state index in [0.717, 1.165) is 12.2 Å². The molecule has 0 fully saturated rings. The maximum Gasteiger partial charge on any atom is 0.505 e. The lowest BCUT2D eigenvalue weighted by atomic mass is 10.4. The molecule has 0 heterocycles. The van der Waals surface area contributed by atoms with Crippen LogP contribution in [0.5, 0.6) is 0 Å². The van der Waals surface area contributed by atoms with Crippen molar-refractivity contribution in [2.24, 2.45) is 0 Å². The SMILES string of the molecule is CCO[Si](OCC)(OCC)C(CS)CCS. The average molecular weight is 285 g/mol. The van der Waals surface area contributed by atoms with Gasteiger partial charge in [0.25, 0.3) is 0 Å². The summed E-state index contributed by atoms with van der Waals surface area (Å²) in [7, 11) is -2.57. The highest BCUT2D eigenvalue weighted by Gasteiger charge is 2.47. The van der Waals surface area contributed by atoms with E-state index in [1.54, 1.807) is 0 Å². The summed E-state index contributed by atoms with van der Waals surface area (Å²) in [5.74, 6) is 1.51. The second kappa shape index (κ2) is 9.79. The van der Waals surface area contributed by atoms with Crippen LogP contribution in [0, 0.1) is 0 Å². The molecule has 0 saturated carbocycles. The highest BCUT2D eigenvalue weighted by molar-refractivity contribution is 7.80. The quantitative estimate of drug-likeness (QED) is 0.477. The van der Waals surface area contributed by atoms with Crippen LogP contribution in [-0.2, 0) is 13.3 Å². The van der Waals surface area contributed by atoms with E-state index >= 15 is 0 Å². The van der Waals surface area contributed by atoms with E-state index in [2.05, 4.69) is 25.3 Å². The van der Waals surface area contributed by atoms with Gasteiger partial charge in [0.05, 0.1) is 0 Å². The second-order valence-corrected chi connectivity index (χ2v) is 7.00. The first-order valence-corrected chi connectivity index (χ1v) is 8.90. The van der Waals surface area contributed by atoms with Crippen LogP contribution in [0.3, 0.4) is 0 Å². The molecule has 0 aromatic carbocycles. The molecule has 0 spiro atoms. The molecule has 0 radical (unpaired) electrons.